The van der Waals surface area contributed by atoms with Gasteiger partial charge < -0.3 is 11.1 Å². The van der Waals surface area contributed by atoms with Crippen LogP contribution in [0.5, 0.6) is 0 Å². The molecule has 112 valence electrons. The molecule has 4 nitrogen and oxygen atoms in total. The maximum absolute atomic E-state index is 11.7. The normalized spacial score (nSPS) is 10.6. The van der Waals surface area contributed by atoms with Gasteiger partial charge in [0.05, 0.1) is 5.69 Å². The fourth-order valence-electron chi connectivity index (χ4n) is 1.90. The van der Waals surface area contributed by atoms with Crippen LogP contribution >= 0.6 is 22.9 Å². The molecule has 0 radical (unpaired) electrons. The molecule has 1 heterocycles. The van der Waals surface area contributed by atoms with Crippen molar-refractivity contribution in [2.24, 2.45) is 5.73 Å². The molecule has 0 spiro atoms. The third-order valence-corrected chi connectivity index (χ3v) is 4.50. The van der Waals surface area contributed by atoms with Crippen LogP contribution in [0, 0.1) is 6.92 Å². The van der Waals surface area contributed by atoms with E-state index in [0.29, 0.717) is 24.5 Å². The van der Waals surface area contributed by atoms with Gasteiger partial charge in [0.2, 0.25) is 5.91 Å². The molecule has 2 aromatic rings. The highest BCUT2D eigenvalue weighted by atomic mass is 35.5. The number of amides is 1. The number of nitrogens with one attached hydrogen (secondary N) is 1. The van der Waals surface area contributed by atoms with E-state index in [1.54, 1.807) is 0 Å². The summed E-state index contributed by atoms with van der Waals surface area (Å²) in [5, 5.41) is 4.20. The predicted octanol–water partition coefficient (Wildman–Crippen LogP) is 3.37. The second-order valence-corrected chi connectivity index (χ2v) is 6.23. The Kier molecular flexibility index (Phi) is 5.73. The Morgan fingerprint density at radius 2 is 2.19 bits per heavy atom. The van der Waals surface area contributed by atoms with Crippen molar-refractivity contribution in [1.82, 2.24) is 4.98 Å². The van der Waals surface area contributed by atoms with Gasteiger partial charge in [-0.05, 0) is 31.5 Å². The third kappa shape index (κ3) is 4.52. The molecular formula is C15H18ClN3OS. The van der Waals surface area contributed by atoms with Crippen LogP contribution in [0.15, 0.2) is 24.3 Å². The summed E-state index contributed by atoms with van der Waals surface area (Å²) in [6.07, 6.45) is 1.83. The van der Waals surface area contributed by atoms with Gasteiger partial charge in [0.15, 0.2) is 5.13 Å². The standard InChI is InChI=1S/C15H18ClN3OS/c1-10-13(9-11-5-2-3-6-12(11)16)21-15(18-10)19-14(20)7-4-8-17/h2-3,5-6H,4,7-9,17H2,1H3,(H,18,19,20). The van der Waals surface area contributed by atoms with E-state index in [1.165, 1.54) is 11.3 Å². The highest BCUT2D eigenvalue weighted by Gasteiger charge is 2.11. The summed E-state index contributed by atoms with van der Waals surface area (Å²) >= 11 is 7.67. The van der Waals surface area contributed by atoms with Crippen molar-refractivity contribution < 1.29 is 4.79 Å². The van der Waals surface area contributed by atoms with E-state index < -0.39 is 0 Å². The largest absolute Gasteiger partial charge is 0.330 e. The second kappa shape index (κ2) is 7.54. The molecule has 0 aliphatic heterocycles. The molecule has 1 aromatic heterocycles. The first kappa shape index (κ1) is 15.9. The van der Waals surface area contributed by atoms with Crippen LogP contribution < -0.4 is 11.1 Å². The quantitative estimate of drug-likeness (QED) is 0.856. The molecule has 21 heavy (non-hydrogen) atoms. The molecule has 0 aliphatic carbocycles. The number of aryl methyl sites for hydroxylation is 1. The van der Waals surface area contributed by atoms with Crippen molar-refractivity contribution in [3.63, 3.8) is 0 Å². The number of nitrogens with zero attached hydrogens (tertiary/aromatic N) is 1. The van der Waals surface area contributed by atoms with Crippen LogP contribution in [0.1, 0.15) is 29.0 Å². The fourth-order valence-corrected chi connectivity index (χ4v) is 3.11. The summed E-state index contributed by atoms with van der Waals surface area (Å²) in [4.78, 5) is 17.2. The van der Waals surface area contributed by atoms with Crippen LogP contribution in [0.4, 0.5) is 5.13 Å². The number of nitrogens with two attached hydrogens (primary N) is 1. The molecular weight excluding hydrogens is 306 g/mol. The molecule has 0 unspecified atom stereocenters. The maximum atomic E-state index is 11.7. The van der Waals surface area contributed by atoms with Crippen molar-refractivity contribution in [1.29, 1.82) is 0 Å². The van der Waals surface area contributed by atoms with Gasteiger partial charge in [-0.1, -0.05) is 29.8 Å². The maximum Gasteiger partial charge on any atom is 0.226 e. The fraction of sp³-hybridized carbons (Fsp3) is 0.333. The first-order chi connectivity index (χ1) is 10.1. The van der Waals surface area contributed by atoms with Crippen LogP contribution in [0.2, 0.25) is 5.02 Å². The van der Waals surface area contributed by atoms with E-state index >= 15 is 0 Å². The topological polar surface area (TPSA) is 68.0 Å². The van der Waals surface area contributed by atoms with E-state index in [2.05, 4.69) is 10.3 Å². The van der Waals surface area contributed by atoms with E-state index in [1.807, 2.05) is 31.2 Å². The Bertz CT molecular complexity index is 627. The Labute approximate surface area is 133 Å². The molecule has 0 bridgehead atoms. The summed E-state index contributed by atoms with van der Waals surface area (Å²) < 4.78 is 0. The van der Waals surface area contributed by atoms with Crippen molar-refractivity contribution in [2.75, 3.05) is 11.9 Å². The van der Waals surface area contributed by atoms with E-state index in [4.69, 9.17) is 17.3 Å². The highest BCUT2D eigenvalue weighted by molar-refractivity contribution is 7.15. The number of aromatic nitrogens is 1. The van der Waals surface area contributed by atoms with E-state index in [-0.39, 0.29) is 5.91 Å². The summed E-state index contributed by atoms with van der Waals surface area (Å²) in [7, 11) is 0. The Hall–Kier alpha value is -1.43. The lowest BCUT2D eigenvalue weighted by atomic mass is 10.1. The molecule has 0 fully saturated rings. The second-order valence-electron chi connectivity index (χ2n) is 4.74. The molecule has 0 saturated heterocycles. The SMILES string of the molecule is Cc1nc(NC(=O)CCCN)sc1Cc1ccccc1Cl. The molecule has 6 heteroatoms. The summed E-state index contributed by atoms with van der Waals surface area (Å²) in [6, 6.07) is 7.76. The summed E-state index contributed by atoms with van der Waals surface area (Å²) in [6.45, 7) is 2.46. The minimum atomic E-state index is -0.0431. The van der Waals surface area contributed by atoms with Crippen molar-refractivity contribution >= 4 is 34.0 Å². The average molecular weight is 324 g/mol. The van der Waals surface area contributed by atoms with Gasteiger partial charge in [0.1, 0.15) is 0 Å². The monoisotopic (exact) mass is 323 g/mol. The zero-order valence-corrected chi connectivity index (χ0v) is 13.4. The average Bonchev–Trinajstić information content (AvgIpc) is 2.79. The van der Waals surface area contributed by atoms with Gasteiger partial charge >= 0.3 is 0 Å². The van der Waals surface area contributed by atoms with Gasteiger partial charge in [-0.2, -0.15) is 0 Å². The van der Waals surface area contributed by atoms with E-state index in [0.717, 1.165) is 27.6 Å². The Morgan fingerprint density at radius 1 is 1.43 bits per heavy atom. The van der Waals surface area contributed by atoms with Crippen LogP contribution in [0.25, 0.3) is 0 Å². The Balaban J connectivity index is 2.06. The van der Waals surface area contributed by atoms with Gasteiger partial charge in [0, 0.05) is 22.7 Å². The lowest BCUT2D eigenvalue weighted by Crippen LogP contribution is -2.13. The number of rotatable bonds is 6. The van der Waals surface area contributed by atoms with Crippen molar-refractivity contribution in [3.05, 3.63) is 45.4 Å². The predicted molar refractivity (Wildman–Crippen MR) is 88.0 cm³/mol. The number of thiazole rings is 1. The van der Waals surface area contributed by atoms with E-state index in [9.17, 15) is 4.79 Å². The zero-order valence-electron chi connectivity index (χ0n) is 11.9. The minimum absolute atomic E-state index is 0.0431. The molecule has 0 saturated carbocycles. The number of carbonyl (C=O) groups excluding carboxylic acids is 1. The zero-order chi connectivity index (χ0) is 15.2. The number of halogens is 1. The minimum Gasteiger partial charge on any atom is -0.330 e. The molecule has 3 N–H and O–H groups in total. The van der Waals surface area contributed by atoms with Crippen LogP contribution in [-0.4, -0.2) is 17.4 Å². The first-order valence-electron chi connectivity index (χ1n) is 6.79. The van der Waals surface area contributed by atoms with Gasteiger partial charge in [-0.15, -0.1) is 11.3 Å². The van der Waals surface area contributed by atoms with Crippen molar-refractivity contribution in [3.8, 4) is 0 Å². The third-order valence-electron chi connectivity index (χ3n) is 3.06. The number of hydrogen-bond donors (Lipinski definition) is 2. The van der Waals surface area contributed by atoms with Crippen LogP contribution in [-0.2, 0) is 11.2 Å². The smallest absolute Gasteiger partial charge is 0.226 e. The molecule has 2 rings (SSSR count). The number of carbonyl (C=O) groups is 1. The highest BCUT2D eigenvalue weighted by Crippen LogP contribution is 2.27. The lowest BCUT2D eigenvalue weighted by molar-refractivity contribution is -0.116. The van der Waals surface area contributed by atoms with Crippen LogP contribution in [0.3, 0.4) is 0 Å². The van der Waals surface area contributed by atoms with Gasteiger partial charge in [-0.25, -0.2) is 4.98 Å². The van der Waals surface area contributed by atoms with Gasteiger partial charge in [-0.3, -0.25) is 4.79 Å². The summed E-state index contributed by atoms with van der Waals surface area (Å²) in [5.74, 6) is -0.0431. The number of benzene rings is 1. The molecule has 1 amide bonds. The number of hydrogen-bond acceptors (Lipinski definition) is 4. The number of anilines is 1. The van der Waals surface area contributed by atoms with Crippen molar-refractivity contribution in [2.45, 2.75) is 26.2 Å². The molecule has 0 atom stereocenters. The molecule has 0 aliphatic rings. The lowest BCUT2D eigenvalue weighted by Gasteiger charge is -2.02. The first-order valence-corrected chi connectivity index (χ1v) is 7.99. The van der Waals surface area contributed by atoms with Gasteiger partial charge in [0.25, 0.3) is 0 Å². The summed E-state index contributed by atoms with van der Waals surface area (Å²) in [5.41, 5.74) is 7.38. The Morgan fingerprint density at radius 3 is 2.90 bits per heavy atom. The molecule has 1 aromatic carbocycles.